The molecule has 2 aromatic carbocycles. The van der Waals surface area contributed by atoms with Gasteiger partial charge in [-0.05, 0) is 24.3 Å². The average Bonchev–Trinajstić information content (AvgIpc) is 3.36. The minimum Gasteiger partial charge on any atom is -0.497 e. The third-order valence-corrected chi connectivity index (χ3v) is 6.25. The number of nitrogens with zero attached hydrogens (tertiary/aromatic N) is 2. The number of carbonyl (C=O) groups excluding carboxylic acids is 2. The Morgan fingerprint density at radius 1 is 1.23 bits per heavy atom. The highest BCUT2D eigenvalue weighted by Crippen LogP contribution is 2.35. The lowest BCUT2D eigenvalue weighted by Gasteiger charge is -2.20. The van der Waals surface area contributed by atoms with E-state index in [2.05, 4.69) is 10.3 Å². The summed E-state index contributed by atoms with van der Waals surface area (Å²) in [6, 6.07) is 13.3. The Labute approximate surface area is 178 Å². The monoisotopic (exact) mass is 425 g/mol. The molecular formula is C22H23N3O4S. The molecule has 1 aliphatic heterocycles. The van der Waals surface area contributed by atoms with Gasteiger partial charge in [-0.25, -0.2) is 4.98 Å². The lowest BCUT2D eigenvalue weighted by Crippen LogP contribution is -2.34. The first-order valence-corrected chi connectivity index (χ1v) is 10.5. The minimum absolute atomic E-state index is 0.0928. The Hall–Kier alpha value is -3.13. The van der Waals surface area contributed by atoms with Crippen LogP contribution >= 0.6 is 11.3 Å². The van der Waals surface area contributed by atoms with Crippen molar-refractivity contribution >= 4 is 39.1 Å². The fraction of sp³-hybridized carbons (Fsp3) is 0.318. The van der Waals surface area contributed by atoms with E-state index in [1.54, 1.807) is 48.7 Å². The maximum atomic E-state index is 12.6. The third kappa shape index (κ3) is 4.09. The van der Waals surface area contributed by atoms with Gasteiger partial charge in [0.2, 0.25) is 11.8 Å². The van der Waals surface area contributed by atoms with Gasteiger partial charge in [0, 0.05) is 32.0 Å². The Balaban J connectivity index is 1.36. The van der Waals surface area contributed by atoms with E-state index in [0.717, 1.165) is 15.2 Å². The zero-order chi connectivity index (χ0) is 21.1. The predicted octanol–water partition coefficient (Wildman–Crippen LogP) is 3.03. The van der Waals surface area contributed by atoms with Gasteiger partial charge in [-0.15, -0.1) is 11.3 Å². The molecule has 0 aliphatic carbocycles. The highest BCUT2D eigenvalue weighted by atomic mass is 32.1. The lowest BCUT2D eigenvalue weighted by molar-refractivity contribution is -0.126. The number of para-hydroxylation sites is 1. The predicted molar refractivity (Wildman–Crippen MR) is 116 cm³/mol. The van der Waals surface area contributed by atoms with Crippen molar-refractivity contribution in [3.8, 4) is 11.5 Å². The van der Waals surface area contributed by atoms with E-state index in [1.165, 1.54) is 0 Å². The maximum absolute atomic E-state index is 12.6. The van der Waals surface area contributed by atoms with Crippen molar-refractivity contribution in [3.63, 3.8) is 0 Å². The number of fused-ring (bicyclic) bond motifs is 1. The number of carbonyl (C=O) groups is 2. The summed E-state index contributed by atoms with van der Waals surface area (Å²) in [5, 5.41) is 3.94. The van der Waals surface area contributed by atoms with E-state index < -0.39 is 0 Å². The van der Waals surface area contributed by atoms with E-state index in [-0.39, 0.29) is 24.2 Å². The van der Waals surface area contributed by atoms with Crippen molar-refractivity contribution in [1.29, 1.82) is 0 Å². The summed E-state index contributed by atoms with van der Waals surface area (Å²) >= 11 is 1.64. The average molecular weight is 426 g/mol. The van der Waals surface area contributed by atoms with Crippen molar-refractivity contribution in [3.05, 3.63) is 47.5 Å². The Morgan fingerprint density at radius 3 is 2.83 bits per heavy atom. The summed E-state index contributed by atoms with van der Waals surface area (Å²) in [5.41, 5.74) is 1.63. The fourth-order valence-corrected chi connectivity index (χ4v) is 4.55. The molecule has 1 N–H and O–H groups in total. The molecule has 2 amide bonds. The van der Waals surface area contributed by atoms with E-state index in [1.807, 2.05) is 24.3 Å². The normalized spacial score (nSPS) is 16.1. The SMILES string of the molecule is COc1ccc(N2CC(C(=O)NCCc3nc4ccccc4s3)CC2=O)c(OC)c1. The number of nitrogens with one attached hydrogen (secondary N) is 1. The Bertz CT molecular complexity index is 1050. The topological polar surface area (TPSA) is 80.8 Å². The van der Waals surface area contributed by atoms with Crippen LogP contribution in [0.5, 0.6) is 11.5 Å². The van der Waals surface area contributed by atoms with Crippen LogP contribution in [0.25, 0.3) is 10.2 Å². The number of benzene rings is 2. The molecule has 3 aromatic rings. The molecule has 1 fully saturated rings. The summed E-state index contributed by atoms with van der Waals surface area (Å²) in [7, 11) is 3.12. The largest absolute Gasteiger partial charge is 0.497 e. The van der Waals surface area contributed by atoms with Gasteiger partial charge in [-0.1, -0.05) is 12.1 Å². The van der Waals surface area contributed by atoms with Gasteiger partial charge in [-0.2, -0.15) is 0 Å². The number of hydrogen-bond acceptors (Lipinski definition) is 6. The van der Waals surface area contributed by atoms with Gasteiger partial charge < -0.3 is 19.7 Å². The number of methoxy groups -OCH3 is 2. The van der Waals surface area contributed by atoms with Crippen LogP contribution in [0.2, 0.25) is 0 Å². The van der Waals surface area contributed by atoms with Gasteiger partial charge in [0.25, 0.3) is 0 Å². The maximum Gasteiger partial charge on any atom is 0.227 e. The zero-order valence-corrected chi connectivity index (χ0v) is 17.7. The second-order valence-electron chi connectivity index (χ2n) is 7.06. The number of aromatic nitrogens is 1. The van der Waals surface area contributed by atoms with Gasteiger partial charge in [-0.3, -0.25) is 9.59 Å². The molecule has 0 spiro atoms. The molecule has 0 bridgehead atoms. The van der Waals surface area contributed by atoms with E-state index >= 15 is 0 Å². The minimum atomic E-state index is -0.389. The van der Waals surface area contributed by atoms with Crippen LogP contribution in [-0.4, -0.2) is 44.1 Å². The first-order valence-electron chi connectivity index (χ1n) is 9.73. The second-order valence-corrected chi connectivity index (χ2v) is 8.17. The number of anilines is 1. The molecular weight excluding hydrogens is 402 g/mol. The number of hydrogen-bond donors (Lipinski definition) is 1. The second kappa shape index (κ2) is 8.71. The quantitative estimate of drug-likeness (QED) is 0.629. The summed E-state index contributed by atoms with van der Waals surface area (Å²) in [5.74, 6) is 0.592. The van der Waals surface area contributed by atoms with E-state index in [0.29, 0.717) is 36.7 Å². The van der Waals surface area contributed by atoms with Crippen molar-refractivity contribution in [2.75, 3.05) is 32.2 Å². The molecule has 156 valence electrons. The van der Waals surface area contributed by atoms with Crippen LogP contribution in [0.1, 0.15) is 11.4 Å². The van der Waals surface area contributed by atoms with Crippen LogP contribution in [0.15, 0.2) is 42.5 Å². The smallest absolute Gasteiger partial charge is 0.227 e. The van der Waals surface area contributed by atoms with Crippen LogP contribution in [0.3, 0.4) is 0 Å². The Kier molecular flexibility index (Phi) is 5.85. The highest BCUT2D eigenvalue weighted by molar-refractivity contribution is 7.18. The van der Waals surface area contributed by atoms with Crippen molar-refractivity contribution < 1.29 is 19.1 Å². The fourth-order valence-electron chi connectivity index (χ4n) is 3.59. The van der Waals surface area contributed by atoms with Gasteiger partial charge in [0.1, 0.15) is 11.5 Å². The molecule has 1 atom stereocenters. The number of ether oxygens (including phenoxy) is 2. The molecule has 8 heteroatoms. The third-order valence-electron chi connectivity index (χ3n) is 5.15. The zero-order valence-electron chi connectivity index (χ0n) is 16.9. The van der Waals surface area contributed by atoms with Crippen LogP contribution in [0, 0.1) is 5.92 Å². The standard InChI is InChI=1S/C22H23N3O4S/c1-28-15-7-8-17(18(12-15)29-2)25-13-14(11-21(25)26)22(27)23-10-9-20-24-16-5-3-4-6-19(16)30-20/h3-8,12,14H,9-11,13H2,1-2H3,(H,23,27). The Morgan fingerprint density at radius 2 is 2.07 bits per heavy atom. The van der Waals surface area contributed by atoms with Crippen LogP contribution < -0.4 is 19.7 Å². The van der Waals surface area contributed by atoms with E-state index in [9.17, 15) is 9.59 Å². The van der Waals surface area contributed by atoms with Crippen molar-refractivity contribution in [2.24, 2.45) is 5.92 Å². The molecule has 1 saturated heterocycles. The molecule has 1 unspecified atom stereocenters. The van der Waals surface area contributed by atoms with Crippen molar-refractivity contribution in [1.82, 2.24) is 10.3 Å². The summed E-state index contributed by atoms with van der Waals surface area (Å²) in [6.07, 6.45) is 0.851. The summed E-state index contributed by atoms with van der Waals surface area (Å²) in [6.45, 7) is 0.823. The van der Waals surface area contributed by atoms with Gasteiger partial charge >= 0.3 is 0 Å². The van der Waals surface area contributed by atoms with Crippen LogP contribution in [-0.2, 0) is 16.0 Å². The summed E-state index contributed by atoms with van der Waals surface area (Å²) in [4.78, 5) is 31.4. The molecule has 1 aromatic heterocycles. The highest BCUT2D eigenvalue weighted by Gasteiger charge is 2.36. The molecule has 4 rings (SSSR count). The van der Waals surface area contributed by atoms with Crippen molar-refractivity contribution in [2.45, 2.75) is 12.8 Å². The first-order chi connectivity index (χ1) is 14.6. The molecule has 0 saturated carbocycles. The lowest BCUT2D eigenvalue weighted by atomic mass is 10.1. The number of amides is 2. The van der Waals surface area contributed by atoms with Crippen LogP contribution in [0.4, 0.5) is 5.69 Å². The first kappa shape index (κ1) is 20.2. The molecule has 7 nitrogen and oxygen atoms in total. The number of rotatable bonds is 7. The molecule has 2 heterocycles. The molecule has 30 heavy (non-hydrogen) atoms. The molecule has 0 radical (unpaired) electrons. The van der Waals surface area contributed by atoms with Gasteiger partial charge in [0.15, 0.2) is 0 Å². The summed E-state index contributed by atoms with van der Waals surface area (Å²) < 4.78 is 11.8. The molecule has 1 aliphatic rings. The van der Waals surface area contributed by atoms with E-state index in [4.69, 9.17) is 9.47 Å². The number of thiazole rings is 1. The van der Waals surface area contributed by atoms with Gasteiger partial charge in [0.05, 0.1) is 41.0 Å².